The van der Waals surface area contributed by atoms with E-state index in [1.54, 1.807) is 31.2 Å². The third-order valence-electron chi connectivity index (χ3n) is 2.88. The highest BCUT2D eigenvalue weighted by Crippen LogP contribution is 2.24. The van der Waals surface area contributed by atoms with Gasteiger partial charge in [-0.05, 0) is 36.8 Å². The number of halogens is 1. The highest BCUT2D eigenvalue weighted by atomic mass is 19.1. The van der Waals surface area contributed by atoms with Gasteiger partial charge in [-0.25, -0.2) is 4.39 Å². The minimum Gasteiger partial charge on any atom is -0.497 e. The molecule has 4 nitrogen and oxygen atoms in total. The molecular weight excluding hydrogens is 259 g/mol. The Morgan fingerprint density at radius 2 is 2.00 bits per heavy atom. The molecule has 0 heterocycles. The number of rotatable bonds is 3. The number of anilines is 2. The van der Waals surface area contributed by atoms with E-state index in [9.17, 15) is 9.18 Å². The first-order valence-corrected chi connectivity index (χ1v) is 6.02. The number of benzene rings is 2. The van der Waals surface area contributed by atoms with Gasteiger partial charge in [-0.1, -0.05) is 6.07 Å². The molecule has 2 rings (SSSR count). The second-order valence-electron chi connectivity index (χ2n) is 4.39. The van der Waals surface area contributed by atoms with E-state index in [-0.39, 0.29) is 5.56 Å². The van der Waals surface area contributed by atoms with Gasteiger partial charge in [-0.3, -0.25) is 4.79 Å². The fourth-order valence-corrected chi connectivity index (χ4v) is 1.78. The van der Waals surface area contributed by atoms with Crippen LogP contribution in [0.3, 0.4) is 0 Å². The van der Waals surface area contributed by atoms with E-state index in [0.717, 1.165) is 5.56 Å². The van der Waals surface area contributed by atoms with Crippen LogP contribution in [-0.2, 0) is 0 Å². The molecule has 0 atom stereocenters. The van der Waals surface area contributed by atoms with Crippen molar-refractivity contribution in [3.63, 3.8) is 0 Å². The largest absolute Gasteiger partial charge is 0.497 e. The smallest absolute Gasteiger partial charge is 0.258 e. The minimum atomic E-state index is -0.561. The van der Waals surface area contributed by atoms with Gasteiger partial charge in [0.25, 0.3) is 5.91 Å². The van der Waals surface area contributed by atoms with E-state index in [1.165, 1.54) is 19.2 Å². The molecule has 1 amide bonds. The fourth-order valence-electron chi connectivity index (χ4n) is 1.78. The average Bonchev–Trinajstić information content (AvgIpc) is 2.40. The monoisotopic (exact) mass is 274 g/mol. The number of methoxy groups -OCH3 is 1. The SMILES string of the molecule is COc1ccc(NC(=O)c2ccc(C)cc2F)c(N)c1. The van der Waals surface area contributed by atoms with Gasteiger partial charge >= 0.3 is 0 Å². The van der Waals surface area contributed by atoms with Crippen molar-refractivity contribution in [2.45, 2.75) is 6.92 Å². The second kappa shape index (κ2) is 5.61. The lowest BCUT2D eigenvalue weighted by Gasteiger charge is -2.10. The molecule has 20 heavy (non-hydrogen) atoms. The normalized spacial score (nSPS) is 10.2. The Morgan fingerprint density at radius 3 is 2.60 bits per heavy atom. The first-order valence-electron chi connectivity index (χ1n) is 6.02. The zero-order valence-electron chi connectivity index (χ0n) is 11.2. The van der Waals surface area contributed by atoms with Crippen molar-refractivity contribution < 1.29 is 13.9 Å². The maximum atomic E-state index is 13.7. The molecule has 0 radical (unpaired) electrons. The molecule has 0 aliphatic heterocycles. The van der Waals surface area contributed by atoms with Gasteiger partial charge in [-0.15, -0.1) is 0 Å². The number of nitrogens with two attached hydrogens (primary N) is 1. The van der Waals surface area contributed by atoms with Crippen molar-refractivity contribution in [3.05, 3.63) is 53.3 Å². The Balaban J connectivity index is 2.23. The lowest BCUT2D eigenvalue weighted by atomic mass is 10.1. The number of carbonyl (C=O) groups excluding carboxylic acids is 1. The Labute approximate surface area is 116 Å². The summed E-state index contributed by atoms with van der Waals surface area (Å²) in [6.07, 6.45) is 0. The van der Waals surface area contributed by atoms with Crippen molar-refractivity contribution in [3.8, 4) is 5.75 Å². The zero-order valence-corrected chi connectivity index (χ0v) is 11.2. The number of nitrogens with one attached hydrogen (secondary N) is 1. The maximum absolute atomic E-state index is 13.7. The molecule has 0 spiro atoms. The average molecular weight is 274 g/mol. The van der Waals surface area contributed by atoms with Crippen molar-refractivity contribution in [2.75, 3.05) is 18.2 Å². The summed E-state index contributed by atoms with van der Waals surface area (Å²) in [7, 11) is 1.52. The fraction of sp³-hybridized carbons (Fsp3) is 0.133. The number of ether oxygens (including phenoxy) is 1. The Morgan fingerprint density at radius 1 is 1.25 bits per heavy atom. The van der Waals surface area contributed by atoms with Crippen LogP contribution in [-0.4, -0.2) is 13.0 Å². The second-order valence-corrected chi connectivity index (χ2v) is 4.39. The summed E-state index contributed by atoms with van der Waals surface area (Å²) < 4.78 is 18.7. The van der Waals surface area contributed by atoms with Crippen LogP contribution in [0, 0.1) is 12.7 Å². The molecule has 2 aromatic carbocycles. The van der Waals surface area contributed by atoms with E-state index in [4.69, 9.17) is 10.5 Å². The van der Waals surface area contributed by atoms with Gasteiger partial charge in [0.15, 0.2) is 0 Å². The van der Waals surface area contributed by atoms with Crippen molar-refractivity contribution >= 4 is 17.3 Å². The predicted molar refractivity (Wildman–Crippen MR) is 76.5 cm³/mol. The van der Waals surface area contributed by atoms with Gasteiger partial charge in [0.2, 0.25) is 0 Å². The van der Waals surface area contributed by atoms with Gasteiger partial charge in [0.05, 0.1) is 24.0 Å². The zero-order chi connectivity index (χ0) is 14.7. The first kappa shape index (κ1) is 13.9. The molecule has 0 saturated heterocycles. The van der Waals surface area contributed by atoms with Crippen LogP contribution in [0.1, 0.15) is 15.9 Å². The summed E-state index contributed by atoms with van der Waals surface area (Å²) in [4.78, 5) is 12.0. The Bertz CT molecular complexity index is 656. The van der Waals surface area contributed by atoms with E-state index in [1.807, 2.05) is 0 Å². The molecule has 0 aliphatic rings. The number of carbonyl (C=O) groups is 1. The third kappa shape index (κ3) is 2.88. The summed E-state index contributed by atoms with van der Waals surface area (Å²) >= 11 is 0. The van der Waals surface area contributed by atoms with Crippen molar-refractivity contribution in [1.29, 1.82) is 0 Å². The van der Waals surface area contributed by atoms with Crippen molar-refractivity contribution in [2.24, 2.45) is 0 Å². The molecule has 2 aromatic rings. The van der Waals surface area contributed by atoms with E-state index in [2.05, 4.69) is 5.32 Å². The molecule has 104 valence electrons. The van der Waals surface area contributed by atoms with Crippen LogP contribution in [0.2, 0.25) is 0 Å². The number of amides is 1. The Kier molecular flexibility index (Phi) is 3.89. The number of aryl methyl sites for hydroxylation is 1. The number of hydrogen-bond donors (Lipinski definition) is 2. The molecule has 0 aliphatic carbocycles. The van der Waals surface area contributed by atoms with Crippen LogP contribution in [0.25, 0.3) is 0 Å². The standard InChI is InChI=1S/C15H15FN2O2/c1-9-3-5-11(12(16)7-9)15(19)18-14-6-4-10(20-2)8-13(14)17/h3-8H,17H2,1-2H3,(H,18,19). The molecule has 3 N–H and O–H groups in total. The van der Waals surface area contributed by atoms with Gasteiger partial charge in [-0.2, -0.15) is 0 Å². The van der Waals surface area contributed by atoms with E-state index in [0.29, 0.717) is 17.1 Å². The Hall–Kier alpha value is -2.56. The van der Waals surface area contributed by atoms with Gasteiger partial charge in [0, 0.05) is 6.07 Å². The molecule has 0 fully saturated rings. The molecule has 5 heteroatoms. The van der Waals surface area contributed by atoms with Crippen LogP contribution in [0.15, 0.2) is 36.4 Å². The minimum absolute atomic E-state index is 0.0224. The first-order chi connectivity index (χ1) is 9.51. The molecule has 0 bridgehead atoms. The van der Waals surface area contributed by atoms with E-state index >= 15 is 0 Å². The number of hydrogen-bond acceptors (Lipinski definition) is 3. The maximum Gasteiger partial charge on any atom is 0.258 e. The highest BCUT2D eigenvalue weighted by Gasteiger charge is 2.13. The molecule has 0 unspecified atom stereocenters. The summed E-state index contributed by atoms with van der Waals surface area (Å²) in [6, 6.07) is 9.29. The predicted octanol–water partition coefficient (Wildman–Crippen LogP) is 2.98. The summed E-state index contributed by atoms with van der Waals surface area (Å²) in [5.74, 6) is -0.518. The van der Waals surface area contributed by atoms with Crippen LogP contribution in [0.4, 0.5) is 15.8 Å². The quantitative estimate of drug-likeness (QED) is 0.846. The van der Waals surface area contributed by atoms with Crippen LogP contribution < -0.4 is 15.8 Å². The highest BCUT2D eigenvalue weighted by molar-refractivity contribution is 6.06. The van der Waals surface area contributed by atoms with Crippen LogP contribution >= 0.6 is 0 Å². The van der Waals surface area contributed by atoms with Crippen molar-refractivity contribution in [1.82, 2.24) is 0 Å². The van der Waals surface area contributed by atoms with E-state index < -0.39 is 11.7 Å². The topological polar surface area (TPSA) is 64.3 Å². The van der Waals surface area contributed by atoms with Crippen LogP contribution in [0.5, 0.6) is 5.75 Å². The lowest BCUT2D eigenvalue weighted by Crippen LogP contribution is -2.15. The summed E-state index contributed by atoms with van der Waals surface area (Å²) in [5, 5.41) is 2.58. The summed E-state index contributed by atoms with van der Waals surface area (Å²) in [6.45, 7) is 1.76. The summed E-state index contributed by atoms with van der Waals surface area (Å²) in [5.41, 5.74) is 7.29. The third-order valence-corrected chi connectivity index (χ3v) is 2.88. The van der Waals surface area contributed by atoms with Gasteiger partial charge < -0.3 is 15.8 Å². The van der Waals surface area contributed by atoms with Gasteiger partial charge in [0.1, 0.15) is 11.6 Å². The molecule has 0 saturated carbocycles. The number of nitrogen functional groups attached to an aromatic ring is 1. The molecule has 0 aromatic heterocycles. The molecular formula is C15H15FN2O2. The lowest BCUT2D eigenvalue weighted by molar-refractivity contribution is 0.102.